The molecule has 28 heavy (non-hydrogen) atoms. The van der Waals surface area contributed by atoms with Gasteiger partial charge in [0.25, 0.3) is 0 Å². The van der Waals surface area contributed by atoms with Crippen molar-refractivity contribution in [3.63, 3.8) is 0 Å². The molecular weight excluding hydrogens is 378 g/mol. The largest absolute Gasteiger partial charge is 0.497 e. The van der Waals surface area contributed by atoms with Gasteiger partial charge in [0.05, 0.1) is 17.7 Å². The third kappa shape index (κ3) is 3.60. The number of aryl methyl sites for hydroxylation is 1. The van der Waals surface area contributed by atoms with Crippen LogP contribution in [0.5, 0.6) is 11.5 Å². The molecule has 146 valence electrons. The van der Waals surface area contributed by atoms with Gasteiger partial charge in [-0.15, -0.1) is 0 Å². The maximum absolute atomic E-state index is 12.0. The smallest absolute Gasteiger partial charge is 0.336 e. The van der Waals surface area contributed by atoms with E-state index in [-0.39, 0.29) is 5.63 Å². The lowest BCUT2D eigenvalue weighted by atomic mass is 10.0. The molecule has 1 aliphatic heterocycles. The third-order valence-corrected chi connectivity index (χ3v) is 5.43. The molecule has 0 aliphatic carbocycles. The van der Waals surface area contributed by atoms with Crippen molar-refractivity contribution < 1.29 is 13.9 Å². The molecule has 2 aromatic carbocycles. The van der Waals surface area contributed by atoms with E-state index in [2.05, 4.69) is 17.0 Å². The van der Waals surface area contributed by atoms with Gasteiger partial charge in [-0.25, -0.2) is 4.79 Å². The second-order valence-corrected chi connectivity index (χ2v) is 7.32. The van der Waals surface area contributed by atoms with Gasteiger partial charge >= 0.3 is 5.63 Å². The van der Waals surface area contributed by atoms with Gasteiger partial charge in [-0.05, 0) is 42.2 Å². The summed E-state index contributed by atoms with van der Waals surface area (Å²) in [5.74, 6) is 1.47. The predicted octanol–water partition coefficient (Wildman–Crippen LogP) is 4.41. The van der Waals surface area contributed by atoms with Gasteiger partial charge in [0, 0.05) is 24.5 Å². The van der Waals surface area contributed by atoms with E-state index in [1.165, 1.54) is 11.6 Å². The molecule has 0 unspecified atom stereocenters. The Hall–Kier alpha value is -2.50. The fourth-order valence-corrected chi connectivity index (χ4v) is 3.89. The number of methoxy groups -OCH3 is 1. The Balaban J connectivity index is 1.60. The Kier molecular flexibility index (Phi) is 5.29. The molecule has 5 nitrogen and oxygen atoms in total. The number of ether oxygens (including phenoxy) is 2. The van der Waals surface area contributed by atoms with Crippen LogP contribution in [0.1, 0.15) is 23.6 Å². The molecule has 0 saturated carbocycles. The van der Waals surface area contributed by atoms with Crippen molar-refractivity contribution in [2.24, 2.45) is 0 Å². The molecule has 0 fully saturated rings. The van der Waals surface area contributed by atoms with Gasteiger partial charge in [0.2, 0.25) is 0 Å². The summed E-state index contributed by atoms with van der Waals surface area (Å²) in [6.07, 6.45) is 1.62. The second kappa shape index (κ2) is 7.86. The van der Waals surface area contributed by atoms with Crippen molar-refractivity contribution in [3.05, 3.63) is 68.5 Å². The van der Waals surface area contributed by atoms with Crippen LogP contribution in [0.4, 0.5) is 0 Å². The fourth-order valence-electron chi connectivity index (χ4n) is 3.61. The van der Waals surface area contributed by atoms with E-state index in [1.807, 2.05) is 25.1 Å². The van der Waals surface area contributed by atoms with Crippen molar-refractivity contribution in [2.45, 2.75) is 26.3 Å². The van der Waals surface area contributed by atoms with E-state index in [0.717, 1.165) is 41.6 Å². The van der Waals surface area contributed by atoms with Crippen LogP contribution in [0, 0.1) is 0 Å². The molecule has 6 heteroatoms. The minimum absolute atomic E-state index is 0.343. The highest BCUT2D eigenvalue weighted by Crippen LogP contribution is 2.39. The Labute approximate surface area is 168 Å². The molecule has 0 N–H and O–H groups in total. The summed E-state index contributed by atoms with van der Waals surface area (Å²) in [6, 6.07) is 11.4. The van der Waals surface area contributed by atoms with Gasteiger partial charge in [0.1, 0.15) is 23.8 Å². The Bertz CT molecular complexity index is 1060. The van der Waals surface area contributed by atoms with Crippen LogP contribution >= 0.6 is 11.6 Å². The Morgan fingerprint density at radius 2 is 2.00 bits per heavy atom. The first-order valence-electron chi connectivity index (χ1n) is 9.35. The van der Waals surface area contributed by atoms with Gasteiger partial charge < -0.3 is 13.9 Å². The van der Waals surface area contributed by atoms with Gasteiger partial charge in [-0.2, -0.15) is 0 Å². The number of hydrogen-bond acceptors (Lipinski definition) is 5. The predicted molar refractivity (Wildman–Crippen MR) is 109 cm³/mol. The van der Waals surface area contributed by atoms with E-state index in [9.17, 15) is 4.79 Å². The number of benzene rings is 2. The molecule has 3 aromatic rings. The Morgan fingerprint density at radius 1 is 1.21 bits per heavy atom. The van der Waals surface area contributed by atoms with E-state index in [0.29, 0.717) is 29.6 Å². The average molecular weight is 400 g/mol. The lowest BCUT2D eigenvalue weighted by Crippen LogP contribution is -2.34. The molecule has 0 radical (unpaired) electrons. The molecule has 1 aliphatic rings. The molecule has 0 bridgehead atoms. The molecule has 4 rings (SSSR count). The summed E-state index contributed by atoms with van der Waals surface area (Å²) in [6.45, 7) is 3.90. The van der Waals surface area contributed by atoms with E-state index < -0.39 is 0 Å². The number of nitrogens with zero attached hydrogens (tertiary/aromatic N) is 1. The molecule has 0 saturated heterocycles. The number of hydrogen-bond donors (Lipinski definition) is 0. The zero-order chi connectivity index (χ0) is 19.7. The second-order valence-electron chi connectivity index (χ2n) is 6.91. The molecule has 0 amide bonds. The van der Waals surface area contributed by atoms with Crippen molar-refractivity contribution in [1.29, 1.82) is 0 Å². The van der Waals surface area contributed by atoms with Crippen molar-refractivity contribution in [2.75, 3.05) is 20.4 Å². The van der Waals surface area contributed by atoms with Crippen molar-refractivity contribution >= 4 is 22.6 Å². The zero-order valence-electron chi connectivity index (χ0n) is 16.0. The summed E-state index contributed by atoms with van der Waals surface area (Å²) < 4.78 is 16.7. The molecular formula is C22H22ClNO4. The standard InChI is InChI=1S/C22H22ClNO4/c1-3-15-10-20(25)28-21-17(15)11-19(23)22-18(21)12-24(13-27-22)9-8-14-4-6-16(26-2)7-5-14/h4-7,10-11H,3,8-9,12-13H2,1-2H3. The van der Waals surface area contributed by atoms with Crippen LogP contribution in [-0.4, -0.2) is 25.3 Å². The van der Waals surface area contributed by atoms with Crippen molar-refractivity contribution in [3.8, 4) is 11.5 Å². The first kappa shape index (κ1) is 18.8. The van der Waals surface area contributed by atoms with Gasteiger partial charge in [0.15, 0.2) is 0 Å². The average Bonchev–Trinajstić information content (AvgIpc) is 2.72. The molecule has 0 spiro atoms. The van der Waals surface area contributed by atoms with Crippen LogP contribution in [0.25, 0.3) is 11.0 Å². The highest BCUT2D eigenvalue weighted by molar-refractivity contribution is 6.33. The normalized spacial score (nSPS) is 14.0. The SMILES string of the molecule is CCc1cc(=O)oc2c3c(c(Cl)cc12)OCN(CCc1ccc(OC)cc1)C3. The molecule has 2 heterocycles. The Morgan fingerprint density at radius 3 is 2.71 bits per heavy atom. The van der Waals surface area contributed by atoms with Gasteiger partial charge in [-0.1, -0.05) is 30.7 Å². The van der Waals surface area contributed by atoms with Crippen LogP contribution in [0.2, 0.25) is 5.02 Å². The van der Waals surface area contributed by atoms with Crippen LogP contribution < -0.4 is 15.1 Å². The summed E-state index contributed by atoms with van der Waals surface area (Å²) in [7, 11) is 1.66. The summed E-state index contributed by atoms with van der Waals surface area (Å²) in [5, 5.41) is 1.44. The number of fused-ring (bicyclic) bond motifs is 3. The van der Waals surface area contributed by atoms with E-state index in [4.69, 9.17) is 25.5 Å². The molecule has 1 aromatic heterocycles. The number of rotatable bonds is 5. The maximum Gasteiger partial charge on any atom is 0.336 e. The van der Waals surface area contributed by atoms with Crippen molar-refractivity contribution in [1.82, 2.24) is 4.90 Å². The minimum Gasteiger partial charge on any atom is -0.497 e. The zero-order valence-corrected chi connectivity index (χ0v) is 16.7. The summed E-state index contributed by atoms with van der Waals surface area (Å²) >= 11 is 6.46. The van der Waals surface area contributed by atoms with Crippen LogP contribution in [0.15, 0.2) is 45.6 Å². The molecule has 0 atom stereocenters. The monoisotopic (exact) mass is 399 g/mol. The highest BCUT2D eigenvalue weighted by Gasteiger charge is 2.25. The first-order valence-corrected chi connectivity index (χ1v) is 9.73. The van der Waals surface area contributed by atoms with Gasteiger partial charge in [-0.3, -0.25) is 4.90 Å². The lowest BCUT2D eigenvalue weighted by Gasteiger charge is -2.30. The maximum atomic E-state index is 12.0. The minimum atomic E-state index is -0.343. The first-order chi connectivity index (χ1) is 13.6. The van der Waals surface area contributed by atoms with Crippen LogP contribution in [-0.2, 0) is 19.4 Å². The van der Waals surface area contributed by atoms with Crippen LogP contribution in [0.3, 0.4) is 0 Å². The quantitative estimate of drug-likeness (QED) is 0.595. The third-order valence-electron chi connectivity index (χ3n) is 5.15. The fraction of sp³-hybridized carbons (Fsp3) is 0.318. The van der Waals surface area contributed by atoms with E-state index >= 15 is 0 Å². The summed E-state index contributed by atoms with van der Waals surface area (Å²) in [5.41, 5.74) is 3.24. The summed E-state index contributed by atoms with van der Waals surface area (Å²) in [4.78, 5) is 14.2. The lowest BCUT2D eigenvalue weighted by molar-refractivity contribution is 0.0969. The number of halogens is 1. The van der Waals surface area contributed by atoms with E-state index in [1.54, 1.807) is 7.11 Å². The highest BCUT2D eigenvalue weighted by atomic mass is 35.5. The topological polar surface area (TPSA) is 51.9 Å².